The van der Waals surface area contributed by atoms with Crippen molar-refractivity contribution >= 4 is 5.91 Å². The Hall–Kier alpha value is -2.10. The third-order valence-electron chi connectivity index (χ3n) is 4.18. The molecule has 3 rings (SSSR count). The normalized spacial score (nSPS) is 18.8. The molecule has 4 heteroatoms. The number of hydrogen-bond acceptors (Lipinski definition) is 2. The van der Waals surface area contributed by atoms with Gasteiger partial charge < -0.3 is 4.90 Å². The van der Waals surface area contributed by atoms with E-state index in [1.807, 2.05) is 48.5 Å². The molecule has 0 aliphatic carbocycles. The molecule has 1 saturated heterocycles. The van der Waals surface area contributed by atoms with E-state index < -0.39 is 0 Å². The second-order valence-electron chi connectivity index (χ2n) is 5.77. The molecule has 1 aliphatic heterocycles. The van der Waals surface area contributed by atoms with Crippen LogP contribution in [0.5, 0.6) is 0 Å². The van der Waals surface area contributed by atoms with Crippen molar-refractivity contribution in [3.8, 4) is 11.1 Å². The number of aryl methyl sites for hydroxylation is 1. The Morgan fingerprint density at radius 2 is 2.00 bits per heavy atom. The molecule has 0 spiro atoms. The molecule has 0 saturated carbocycles. The van der Waals surface area contributed by atoms with Gasteiger partial charge in [-0.05, 0) is 31.7 Å². The van der Waals surface area contributed by atoms with Crippen molar-refractivity contribution in [2.75, 3.05) is 6.54 Å². The highest BCUT2D eigenvalue weighted by Gasteiger charge is 2.28. The molecule has 0 N–H and O–H groups in total. The zero-order valence-corrected chi connectivity index (χ0v) is 12.6. The number of rotatable bonds is 2. The third kappa shape index (κ3) is 2.71. The van der Waals surface area contributed by atoms with Crippen molar-refractivity contribution in [1.29, 1.82) is 0 Å². The van der Waals surface area contributed by atoms with Crippen LogP contribution in [0.15, 0.2) is 36.5 Å². The minimum absolute atomic E-state index is 0.0571. The molecule has 1 atom stereocenters. The Morgan fingerprint density at radius 1 is 1.24 bits per heavy atom. The standard InChI is InChI=1S/C17H21N3O/c1-13-8-6-7-11-20(13)17(21)16-15(12-19(2)18-16)14-9-4-3-5-10-14/h3-5,9-10,12-13H,6-8,11H2,1-2H3. The Bertz CT molecular complexity index is 633. The van der Waals surface area contributed by atoms with Gasteiger partial charge in [-0.2, -0.15) is 5.10 Å². The van der Waals surface area contributed by atoms with Gasteiger partial charge in [0, 0.05) is 31.4 Å². The number of amides is 1. The first-order valence-electron chi connectivity index (χ1n) is 7.57. The lowest BCUT2D eigenvalue weighted by atomic mass is 10.0. The first kappa shape index (κ1) is 13.9. The summed E-state index contributed by atoms with van der Waals surface area (Å²) in [4.78, 5) is 14.8. The first-order valence-corrected chi connectivity index (χ1v) is 7.57. The zero-order valence-electron chi connectivity index (χ0n) is 12.6. The highest BCUT2D eigenvalue weighted by atomic mass is 16.2. The summed E-state index contributed by atoms with van der Waals surface area (Å²) in [6.07, 6.45) is 5.30. The van der Waals surface area contributed by atoms with Gasteiger partial charge in [0.15, 0.2) is 5.69 Å². The summed E-state index contributed by atoms with van der Waals surface area (Å²) in [5.41, 5.74) is 2.52. The molecular formula is C17H21N3O. The van der Waals surface area contributed by atoms with Gasteiger partial charge >= 0.3 is 0 Å². The van der Waals surface area contributed by atoms with Crippen LogP contribution in [0, 0.1) is 0 Å². The number of piperidine rings is 1. The maximum Gasteiger partial charge on any atom is 0.275 e. The molecule has 4 nitrogen and oxygen atoms in total. The van der Waals surface area contributed by atoms with Crippen LogP contribution in [-0.4, -0.2) is 33.2 Å². The van der Waals surface area contributed by atoms with E-state index in [4.69, 9.17) is 0 Å². The van der Waals surface area contributed by atoms with Crippen molar-refractivity contribution in [2.24, 2.45) is 7.05 Å². The highest BCUT2D eigenvalue weighted by molar-refractivity contribution is 5.99. The molecule has 1 unspecified atom stereocenters. The summed E-state index contributed by atoms with van der Waals surface area (Å²) < 4.78 is 1.73. The fraction of sp³-hybridized carbons (Fsp3) is 0.412. The second-order valence-corrected chi connectivity index (χ2v) is 5.77. The number of nitrogens with zero attached hydrogens (tertiary/aromatic N) is 3. The number of likely N-dealkylation sites (tertiary alicyclic amines) is 1. The average Bonchev–Trinajstić information content (AvgIpc) is 2.90. The van der Waals surface area contributed by atoms with E-state index in [1.54, 1.807) is 4.68 Å². The zero-order chi connectivity index (χ0) is 14.8. The van der Waals surface area contributed by atoms with E-state index in [-0.39, 0.29) is 5.91 Å². The van der Waals surface area contributed by atoms with Crippen LogP contribution in [-0.2, 0) is 7.05 Å². The Labute approximate surface area is 125 Å². The monoisotopic (exact) mass is 283 g/mol. The van der Waals surface area contributed by atoms with E-state index in [1.165, 1.54) is 6.42 Å². The number of carbonyl (C=O) groups is 1. The number of carbonyl (C=O) groups excluding carboxylic acids is 1. The molecule has 1 aromatic carbocycles. The van der Waals surface area contributed by atoms with E-state index in [2.05, 4.69) is 12.0 Å². The lowest BCUT2D eigenvalue weighted by molar-refractivity contribution is 0.0629. The number of hydrogen-bond donors (Lipinski definition) is 0. The molecule has 2 heterocycles. The Morgan fingerprint density at radius 3 is 2.71 bits per heavy atom. The topological polar surface area (TPSA) is 38.1 Å². The first-order chi connectivity index (χ1) is 10.2. The fourth-order valence-corrected chi connectivity index (χ4v) is 3.01. The molecule has 1 aromatic heterocycles. The predicted octanol–water partition coefficient (Wildman–Crippen LogP) is 3.10. The highest BCUT2D eigenvalue weighted by Crippen LogP contribution is 2.26. The van der Waals surface area contributed by atoms with Crippen LogP contribution in [0.25, 0.3) is 11.1 Å². The quantitative estimate of drug-likeness (QED) is 0.849. The molecule has 1 aliphatic rings. The third-order valence-corrected chi connectivity index (χ3v) is 4.18. The predicted molar refractivity (Wildman–Crippen MR) is 83.0 cm³/mol. The van der Waals surface area contributed by atoms with Crippen molar-refractivity contribution in [3.05, 3.63) is 42.2 Å². The van der Waals surface area contributed by atoms with Crippen LogP contribution < -0.4 is 0 Å². The summed E-state index contributed by atoms with van der Waals surface area (Å²) >= 11 is 0. The van der Waals surface area contributed by atoms with E-state index in [0.29, 0.717) is 11.7 Å². The summed E-state index contributed by atoms with van der Waals surface area (Å²) in [5.74, 6) is 0.0571. The fourth-order valence-electron chi connectivity index (χ4n) is 3.01. The Balaban J connectivity index is 1.97. The van der Waals surface area contributed by atoms with Crippen molar-refractivity contribution in [1.82, 2.24) is 14.7 Å². The Kier molecular flexibility index (Phi) is 3.78. The molecule has 1 fully saturated rings. The van der Waals surface area contributed by atoms with Gasteiger partial charge in [0.25, 0.3) is 5.91 Å². The largest absolute Gasteiger partial charge is 0.335 e. The van der Waals surface area contributed by atoms with Crippen LogP contribution in [0.3, 0.4) is 0 Å². The molecule has 110 valence electrons. The van der Waals surface area contributed by atoms with Gasteiger partial charge in [0.2, 0.25) is 0 Å². The van der Waals surface area contributed by atoms with Gasteiger partial charge in [-0.15, -0.1) is 0 Å². The van der Waals surface area contributed by atoms with Gasteiger partial charge in [-0.1, -0.05) is 30.3 Å². The summed E-state index contributed by atoms with van der Waals surface area (Å²) in [7, 11) is 1.86. The summed E-state index contributed by atoms with van der Waals surface area (Å²) in [5, 5.41) is 4.42. The van der Waals surface area contributed by atoms with Crippen molar-refractivity contribution in [3.63, 3.8) is 0 Å². The average molecular weight is 283 g/mol. The molecule has 0 radical (unpaired) electrons. The molecule has 0 bridgehead atoms. The van der Waals surface area contributed by atoms with E-state index >= 15 is 0 Å². The van der Waals surface area contributed by atoms with E-state index in [9.17, 15) is 4.79 Å². The van der Waals surface area contributed by atoms with E-state index in [0.717, 1.165) is 30.5 Å². The van der Waals surface area contributed by atoms with Gasteiger partial charge in [0.1, 0.15) is 0 Å². The van der Waals surface area contributed by atoms with Gasteiger partial charge in [-0.3, -0.25) is 9.48 Å². The summed E-state index contributed by atoms with van der Waals surface area (Å²) in [6.45, 7) is 2.97. The molecule has 2 aromatic rings. The lowest BCUT2D eigenvalue weighted by Crippen LogP contribution is -2.42. The minimum Gasteiger partial charge on any atom is -0.335 e. The van der Waals surface area contributed by atoms with Crippen LogP contribution in [0.1, 0.15) is 36.7 Å². The van der Waals surface area contributed by atoms with Crippen LogP contribution in [0.4, 0.5) is 0 Å². The molecule has 1 amide bonds. The lowest BCUT2D eigenvalue weighted by Gasteiger charge is -2.33. The van der Waals surface area contributed by atoms with Crippen molar-refractivity contribution in [2.45, 2.75) is 32.2 Å². The molecule has 21 heavy (non-hydrogen) atoms. The minimum atomic E-state index is 0.0571. The maximum absolute atomic E-state index is 12.9. The maximum atomic E-state index is 12.9. The summed E-state index contributed by atoms with van der Waals surface area (Å²) in [6, 6.07) is 10.3. The van der Waals surface area contributed by atoms with Crippen LogP contribution >= 0.6 is 0 Å². The SMILES string of the molecule is CC1CCCCN1C(=O)c1nn(C)cc1-c1ccccc1. The molecular weight excluding hydrogens is 262 g/mol. The van der Waals surface area contributed by atoms with Crippen molar-refractivity contribution < 1.29 is 4.79 Å². The second kappa shape index (κ2) is 5.72. The number of aromatic nitrogens is 2. The number of benzene rings is 1. The van der Waals surface area contributed by atoms with Crippen LogP contribution in [0.2, 0.25) is 0 Å². The van der Waals surface area contributed by atoms with Gasteiger partial charge in [-0.25, -0.2) is 0 Å². The van der Waals surface area contributed by atoms with Gasteiger partial charge in [0.05, 0.1) is 0 Å². The smallest absolute Gasteiger partial charge is 0.275 e.